The summed E-state index contributed by atoms with van der Waals surface area (Å²) in [4.78, 5) is 34.5. The van der Waals surface area contributed by atoms with Crippen LogP contribution < -0.4 is 5.32 Å². The molecule has 22 heavy (non-hydrogen) atoms. The van der Waals surface area contributed by atoms with Gasteiger partial charge in [-0.1, -0.05) is 6.07 Å². The second-order valence-corrected chi connectivity index (χ2v) is 4.30. The lowest BCUT2D eigenvalue weighted by atomic mass is 10.1. The molecule has 0 heterocycles. The summed E-state index contributed by atoms with van der Waals surface area (Å²) in [6.45, 7) is 0. The Balaban J connectivity index is 2.78. The second kappa shape index (κ2) is 8.06. The summed E-state index contributed by atoms with van der Waals surface area (Å²) in [5.74, 6) is -4.20. The number of benzene rings is 1. The average Bonchev–Trinajstić information content (AvgIpc) is 2.49. The monoisotopic (exact) mass is 315 g/mol. The van der Waals surface area contributed by atoms with Gasteiger partial charge in [-0.05, 0) is 12.1 Å². The van der Waals surface area contributed by atoms with E-state index < -0.39 is 53.9 Å². The molecule has 0 fully saturated rings. The number of halogens is 2. The van der Waals surface area contributed by atoms with Crippen molar-refractivity contribution in [2.24, 2.45) is 0 Å². The first kappa shape index (κ1) is 17.5. The van der Waals surface area contributed by atoms with Gasteiger partial charge in [0.05, 0.1) is 27.1 Å². The maximum Gasteiger partial charge on any atom is 0.328 e. The van der Waals surface area contributed by atoms with Crippen LogP contribution in [-0.2, 0) is 30.3 Å². The van der Waals surface area contributed by atoms with E-state index >= 15 is 0 Å². The predicted octanol–water partition coefficient (Wildman–Crippen LogP) is 0.728. The highest BCUT2D eigenvalue weighted by molar-refractivity contribution is 5.88. The first-order valence-electron chi connectivity index (χ1n) is 6.26. The molecule has 0 radical (unpaired) electrons. The molecule has 0 aromatic heterocycles. The number of nitrogens with one attached hydrogen (secondary N) is 1. The zero-order valence-corrected chi connectivity index (χ0v) is 12.0. The van der Waals surface area contributed by atoms with E-state index in [2.05, 4.69) is 14.8 Å². The summed E-state index contributed by atoms with van der Waals surface area (Å²) < 4.78 is 35.7. The Morgan fingerprint density at radius 1 is 1.14 bits per heavy atom. The molecule has 1 aromatic carbocycles. The van der Waals surface area contributed by atoms with Crippen LogP contribution in [0, 0.1) is 11.6 Å². The molecule has 8 heteroatoms. The van der Waals surface area contributed by atoms with Crippen LogP contribution in [0.25, 0.3) is 0 Å². The van der Waals surface area contributed by atoms with E-state index in [1.165, 1.54) is 6.07 Å². The molecule has 0 unspecified atom stereocenters. The van der Waals surface area contributed by atoms with Crippen molar-refractivity contribution >= 4 is 17.8 Å². The molecule has 1 amide bonds. The number of rotatable bonds is 6. The van der Waals surface area contributed by atoms with Crippen molar-refractivity contribution in [2.45, 2.75) is 18.9 Å². The van der Waals surface area contributed by atoms with Gasteiger partial charge in [0.15, 0.2) is 0 Å². The number of hydrogen-bond acceptors (Lipinski definition) is 5. The summed E-state index contributed by atoms with van der Waals surface area (Å²) in [6.07, 6.45) is -1.07. The third kappa shape index (κ3) is 4.80. The van der Waals surface area contributed by atoms with Crippen molar-refractivity contribution in [3.63, 3.8) is 0 Å². The molecule has 1 aromatic rings. The van der Waals surface area contributed by atoms with Crippen molar-refractivity contribution in [1.82, 2.24) is 5.32 Å². The smallest absolute Gasteiger partial charge is 0.328 e. The number of amides is 1. The van der Waals surface area contributed by atoms with Gasteiger partial charge in [0.2, 0.25) is 5.91 Å². The Labute approximate surface area is 125 Å². The van der Waals surface area contributed by atoms with E-state index in [4.69, 9.17) is 0 Å². The molecule has 6 nitrogen and oxygen atoms in total. The molecule has 0 spiro atoms. The van der Waals surface area contributed by atoms with Crippen molar-refractivity contribution in [2.75, 3.05) is 14.2 Å². The van der Waals surface area contributed by atoms with Crippen LogP contribution in [-0.4, -0.2) is 38.1 Å². The second-order valence-electron chi connectivity index (χ2n) is 4.30. The van der Waals surface area contributed by atoms with Crippen LogP contribution in [0.5, 0.6) is 0 Å². The lowest BCUT2D eigenvalue weighted by Crippen LogP contribution is -2.43. The van der Waals surface area contributed by atoms with Gasteiger partial charge in [0, 0.05) is 5.56 Å². The molecule has 1 N–H and O–H groups in total. The molecule has 1 atom stereocenters. The highest BCUT2D eigenvalue weighted by Gasteiger charge is 2.25. The minimum Gasteiger partial charge on any atom is -0.469 e. The van der Waals surface area contributed by atoms with E-state index in [0.717, 1.165) is 26.4 Å². The van der Waals surface area contributed by atoms with Gasteiger partial charge in [-0.3, -0.25) is 9.59 Å². The Hall–Kier alpha value is -2.51. The van der Waals surface area contributed by atoms with Gasteiger partial charge >= 0.3 is 11.9 Å². The predicted molar refractivity (Wildman–Crippen MR) is 70.6 cm³/mol. The van der Waals surface area contributed by atoms with Crippen molar-refractivity contribution in [3.8, 4) is 0 Å². The zero-order chi connectivity index (χ0) is 16.7. The molecule has 0 saturated heterocycles. The van der Waals surface area contributed by atoms with Gasteiger partial charge in [0.1, 0.15) is 17.7 Å². The molecule has 0 bridgehead atoms. The van der Waals surface area contributed by atoms with Gasteiger partial charge in [-0.25, -0.2) is 13.6 Å². The molecular weight excluding hydrogens is 300 g/mol. The van der Waals surface area contributed by atoms with Crippen LogP contribution >= 0.6 is 0 Å². The number of esters is 2. The average molecular weight is 315 g/mol. The minimum atomic E-state index is -1.29. The Morgan fingerprint density at radius 2 is 1.73 bits per heavy atom. The van der Waals surface area contributed by atoms with Crippen LogP contribution in [0.15, 0.2) is 18.2 Å². The topological polar surface area (TPSA) is 81.7 Å². The van der Waals surface area contributed by atoms with Crippen LogP contribution in [0.1, 0.15) is 12.0 Å². The third-order valence-corrected chi connectivity index (χ3v) is 2.82. The van der Waals surface area contributed by atoms with Crippen molar-refractivity contribution in [3.05, 3.63) is 35.4 Å². The van der Waals surface area contributed by atoms with Crippen LogP contribution in [0.4, 0.5) is 8.78 Å². The van der Waals surface area contributed by atoms with Crippen LogP contribution in [0.3, 0.4) is 0 Å². The van der Waals surface area contributed by atoms with Crippen molar-refractivity contribution < 1.29 is 32.6 Å². The molecule has 0 saturated carbocycles. The summed E-state index contributed by atoms with van der Waals surface area (Å²) in [5, 5.41) is 2.19. The number of carbonyl (C=O) groups excluding carboxylic acids is 3. The van der Waals surface area contributed by atoms with Gasteiger partial charge in [-0.2, -0.15) is 0 Å². The van der Waals surface area contributed by atoms with Gasteiger partial charge < -0.3 is 14.8 Å². The molecule has 120 valence electrons. The molecular formula is C14H15F2NO5. The summed E-state index contributed by atoms with van der Waals surface area (Å²) >= 11 is 0. The maximum atomic E-state index is 13.5. The Kier molecular flexibility index (Phi) is 6.43. The molecule has 1 rings (SSSR count). The lowest BCUT2D eigenvalue weighted by molar-refractivity contribution is -0.150. The zero-order valence-electron chi connectivity index (χ0n) is 12.0. The maximum absolute atomic E-state index is 13.5. The highest BCUT2D eigenvalue weighted by atomic mass is 19.1. The first-order valence-corrected chi connectivity index (χ1v) is 6.26. The number of methoxy groups -OCH3 is 2. The number of carbonyl (C=O) groups is 3. The summed E-state index contributed by atoms with van der Waals surface area (Å²) in [6, 6.07) is 1.90. The third-order valence-electron chi connectivity index (χ3n) is 2.82. The standard InChI is InChI=1S/C14H15F2NO5/c1-21-13(19)7-11(14(20)22-2)17-12(18)6-8-9(15)4-3-5-10(8)16/h3-5,11H,6-7H2,1-2H3,(H,17,18)/t11-/m0/s1. The number of ether oxygens (including phenoxy) is 2. The fourth-order valence-corrected chi connectivity index (χ4v) is 1.69. The first-order chi connectivity index (χ1) is 10.4. The lowest BCUT2D eigenvalue weighted by Gasteiger charge is -2.15. The summed E-state index contributed by atoms with van der Waals surface area (Å²) in [7, 11) is 2.20. The van der Waals surface area contributed by atoms with Gasteiger partial charge in [0.25, 0.3) is 0 Å². The minimum absolute atomic E-state index is 0.429. The van der Waals surface area contributed by atoms with E-state index in [0.29, 0.717) is 0 Å². The molecule has 0 aliphatic carbocycles. The molecule has 0 aliphatic rings. The van der Waals surface area contributed by atoms with E-state index in [1.807, 2.05) is 0 Å². The van der Waals surface area contributed by atoms with E-state index in [-0.39, 0.29) is 0 Å². The summed E-state index contributed by atoms with van der Waals surface area (Å²) in [5.41, 5.74) is -0.429. The largest absolute Gasteiger partial charge is 0.469 e. The van der Waals surface area contributed by atoms with E-state index in [9.17, 15) is 23.2 Å². The number of hydrogen-bond donors (Lipinski definition) is 1. The van der Waals surface area contributed by atoms with Crippen molar-refractivity contribution in [1.29, 1.82) is 0 Å². The Bertz CT molecular complexity index is 556. The van der Waals surface area contributed by atoms with Gasteiger partial charge in [-0.15, -0.1) is 0 Å². The van der Waals surface area contributed by atoms with Crippen LogP contribution in [0.2, 0.25) is 0 Å². The SMILES string of the molecule is COC(=O)C[C@H](NC(=O)Cc1c(F)cccc1F)C(=O)OC. The normalized spacial score (nSPS) is 11.5. The highest BCUT2D eigenvalue weighted by Crippen LogP contribution is 2.12. The van der Waals surface area contributed by atoms with E-state index in [1.54, 1.807) is 0 Å². The Morgan fingerprint density at radius 3 is 2.23 bits per heavy atom. The fourth-order valence-electron chi connectivity index (χ4n) is 1.69. The quantitative estimate of drug-likeness (QED) is 0.783. The molecule has 0 aliphatic heterocycles. The fraction of sp³-hybridized carbons (Fsp3) is 0.357.